The van der Waals surface area contributed by atoms with Crippen LogP contribution in [0.3, 0.4) is 0 Å². The maximum atomic E-state index is 13.6. The Morgan fingerprint density at radius 1 is 1.06 bits per heavy atom. The number of carbonyl (C=O) groups is 2. The molecular formula is C21H20N4O5S2. The lowest BCUT2D eigenvalue weighted by molar-refractivity contribution is -0.117. The van der Waals surface area contributed by atoms with Crippen LogP contribution in [0.2, 0.25) is 0 Å². The van der Waals surface area contributed by atoms with Crippen molar-refractivity contribution < 1.29 is 24.2 Å². The van der Waals surface area contributed by atoms with E-state index in [1.165, 1.54) is 41.8 Å². The number of aliphatic hydroxyl groups excluding tert-OH is 1. The Hall–Kier alpha value is -3.31. The molecule has 3 heterocycles. The molecule has 1 atom stereocenters. The summed E-state index contributed by atoms with van der Waals surface area (Å²) in [5, 5.41) is 20.6. The van der Waals surface area contributed by atoms with E-state index in [1.807, 2.05) is 0 Å². The molecule has 0 bridgehead atoms. The molecule has 166 valence electrons. The molecule has 1 N–H and O–H groups in total. The molecule has 1 unspecified atom stereocenters. The minimum Gasteiger partial charge on any atom is -0.503 e. The number of anilines is 1. The lowest BCUT2D eigenvalue weighted by Crippen LogP contribution is -2.31. The molecule has 1 amide bonds. The molecule has 1 aliphatic rings. The first-order chi connectivity index (χ1) is 15.3. The number of aromatic nitrogens is 3. The third kappa shape index (κ3) is 3.53. The monoisotopic (exact) mass is 472 g/mol. The van der Waals surface area contributed by atoms with Gasteiger partial charge in [-0.2, -0.15) is 0 Å². The van der Waals surface area contributed by atoms with Crippen LogP contribution in [0.5, 0.6) is 11.5 Å². The Morgan fingerprint density at radius 2 is 1.78 bits per heavy atom. The number of carbonyl (C=O) groups excluding carboxylic acids is 2. The van der Waals surface area contributed by atoms with Crippen molar-refractivity contribution in [2.24, 2.45) is 0 Å². The van der Waals surface area contributed by atoms with Crippen LogP contribution in [0.25, 0.3) is 0 Å². The predicted molar refractivity (Wildman–Crippen MR) is 120 cm³/mol. The number of ether oxygens (including phenoxy) is 2. The normalized spacial score (nSPS) is 16.1. The third-order valence-corrected chi connectivity index (χ3v) is 6.92. The molecule has 0 saturated carbocycles. The first-order valence-corrected chi connectivity index (χ1v) is 11.2. The summed E-state index contributed by atoms with van der Waals surface area (Å²) in [6.07, 6.45) is 0. The van der Waals surface area contributed by atoms with E-state index < -0.39 is 23.5 Å². The summed E-state index contributed by atoms with van der Waals surface area (Å²) >= 11 is 2.41. The van der Waals surface area contributed by atoms with Crippen LogP contribution in [0, 0.1) is 20.8 Å². The summed E-state index contributed by atoms with van der Waals surface area (Å²) in [7, 11) is 3.01. The van der Waals surface area contributed by atoms with E-state index in [2.05, 4.69) is 15.2 Å². The maximum absolute atomic E-state index is 13.6. The number of ketones is 1. The van der Waals surface area contributed by atoms with Crippen molar-refractivity contribution in [1.82, 2.24) is 15.2 Å². The van der Waals surface area contributed by atoms with E-state index in [1.54, 1.807) is 39.0 Å². The molecule has 32 heavy (non-hydrogen) atoms. The third-order valence-electron chi connectivity index (χ3n) is 5.01. The Morgan fingerprint density at radius 3 is 2.34 bits per heavy atom. The highest BCUT2D eigenvalue weighted by Gasteiger charge is 2.46. The van der Waals surface area contributed by atoms with E-state index in [-0.39, 0.29) is 10.7 Å². The first-order valence-electron chi connectivity index (χ1n) is 9.54. The molecule has 0 saturated heterocycles. The SMILES string of the molecule is COc1ccc(C2C(C(=O)c3sc(C)nc3C)=C(O)C(=O)N2c2nnc(C)s2)cc1OC. The zero-order valence-corrected chi connectivity index (χ0v) is 19.6. The highest BCUT2D eigenvalue weighted by molar-refractivity contribution is 7.15. The summed E-state index contributed by atoms with van der Waals surface area (Å²) in [5.74, 6) is -0.874. The smallest absolute Gasteiger partial charge is 0.296 e. The van der Waals surface area contributed by atoms with Crippen LogP contribution >= 0.6 is 22.7 Å². The number of rotatable bonds is 6. The Balaban J connectivity index is 1.91. The molecule has 0 radical (unpaired) electrons. The number of amides is 1. The summed E-state index contributed by atoms with van der Waals surface area (Å²) < 4.78 is 10.7. The van der Waals surface area contributed by atoms with Gasteiger partial charge in [-0.05, 0) is 38.5 Å². The number of aliphatic hydroxyl groups is 1. The fraction of sp³-hybridized carbons (Fsp3) is 0.286. The van der Waals surface area contributed by atoms with Crippen molar-refractivity contribution in [3.05, 3.63) is 55.7 Å². The van der Waals surface area contributed by atoms with Gasteiger partial charge >= 0.3 is 0 Å². The van der Waals surface area contributed by atoms with E-state index in [9.17, 15) is 14.7 Å². The summed E-state index contributed by atoms with van der Waals surface area (Å²) in [4.78, 5) is 32.7. The molecule has 4 rings (SSSR count). The van der Waals surface area contributed by atoms with Crippen molar-refractivity contribution in [2.75, 3.05) is 19.1 Å². The molecule has 0 fully saturated rings. The molecule has 2 aromatic heterocycles. The first kappa shape index (κ1) is 21.9. The van der Waals surface area contributed by atoms with Crippen molar-refractivity contribution in [1.29, 1.82) is 0 Å². The number of thiazole rings is 1. The largest absolute Gasteiger partial charge is 0.503 e. The lowest BCUT2D eigenvalue weighted by Gasteiger charge is -2.24. The van der Waals surface area contributed by atoms with Crippen LogP contribution in [0.4, 0.5) is 5.13 Å². The minimum absolute atomic E-state index is 0.0400. The predicted octanol–water partition coefficient (Wildman–Crippen LogP) is 3.72. The van der Waals surface area contributed by atoms with E-state index in [4.69, 9.17) is 9.47 Å². The van der Waals surface area contributed by atoms with Crippen LogP contribution in [0.1, 0.15) is 37.0 Å². The van der Waals surface area contributed by atoms with Gasteiger partial charge in [-0.1, -0.05) is 17.4 Å². The van der Waals surface area contributed by atoms with E-state index >= 15 is 0 Å². The Bertz CT molecular complexity index is 1260. The van der Waals surface area contributed by atoms with E-state index in [0.717, 1.165) is 5.01 Å². The number of methoxy groups -OCH3 is 2. The number of benzene rings is 1. The van der Waals surface area contributed by atoms with Gasteiger partial charge in [0.05, 0.1) is 41.4 Å². The number of nitrogens with zero attached hydrogens (tertiary/aromatic N) is 4. The molecule has 1 aliphatic heterocycles. The van der Waals surface area contributed by atoms with Crippen molar-refractivity contribution >= 4 is 39.5 Å². The van der Waals surface area contributed by atoms with Crippen molar-refractivity contribution in [3.8, 4) is 11.5 Å². The molecule has 9 nitrogen and oxygen atoms in total. The average molecular weight is 473 g/mol. The number of hydrogen-bond donors (Lipinski definition) is 1. The number of hydrogen-bond acceptors (Lipinski definition) is 10. The van der Waals surface area contributed by atoms with Gasteiger partial charge in [-0.25, -0.2) is 4.98 Å². The van der Waals surface area contributed by atoms with Gasteiger partial charge in [-0.3, -0.25) is 14.5 Å². The van der Waals surface area contributed by atoms with Crippen LogP contribution < -0.4 is 14.4 Å². The zero-order valence-electron chi connectivity index (χ0n) is 18.0. The van der Waals surface area contributed by atoms with E-state index in [0.29, 0.717) is 32.6 Å². The highest BCUT2D eigenvalue weighted by Crippen LogP contribution is 2.45. The van der Waals surface area contributed by atoms with Crippen LogP contribution in [-0.2, 0) is 4.79 Å². The fourth-order valence-electron chi connectivity index (χ4n) is 3.62. The average Bonchev–Trinajstić information content (AvgIpc) is 3.42. The van der Waals surface area contributed by atoms with Gasteiger partial charge in [0.1, 0.15) is 5.01 Å². The molecule has 11 heteroatoms. The number of aryl methyl sites for hydroxylation is 3. The second-order valence-electron chi connectivity index (χ2n) is 7.03. The summed E-state index contributed by atoms with van der Waals surface area (Å²) in [5.41, 5.74) is 1.05. The maximum Gasteiger partial charge on any atom is 0.296 e. The van der Waals surface area contributed by atoms with Crippen LogP contribution in [-0.4, -0.2) is 46.2 Å². The minimum atomic E-state index is -0.927. The van der Waals surface area contributed by atoms with Gasteiger partial charge in [0.15, 0.2) is 17.3 Å². The molecule has 3 aromatic rings. The Labute approximate surface area is 192 Å². The highest BCUT2D eigenvalue weighted by atomic mass is 32.1. The standard InChI is InChI=1S/C21H20N4O5S2/c1-9-19(31-10(2)22-9)17(26)15-16(12-6-7-13(29-4)14(8-12)30-5)25(20(28)18(15)27)21-24-23-11(3)32-21/h6-8,16,27H,1-5H3. The molecule has 0 spiro atoms. The summed E-state index contributed by atoms with van der Waals surface area (Å²) in [6, 6.07) is 4.15. The van der Waals surface area contributed by atoms with Gasteiger partial charge in [-0.15, -0.1) is 21.5 Å². The molecular weight excluding hydrogens is 452 g/mol. The Kier molecular flexibility index (Phi) is 5.70. The number of Topliss-reactive ketones (excluding diaryl/α,β-unsaturated/α-hetero) is 1. The molecule has 1 aromatic carbocycles. The van der Waals surface area contributed by atoms with Gasteiger partial charge in [0.25, 0.3) is 5.91 Å². The molecule has 0 aliphatic carbocycles. The van der Waals surface area contributed by atoms with Crippen molar-refractivity contribution in [2.45, 2.75) is 26.8 Å². The van der Waals surface area contributed by atoms with Gasteiger partial charge in [0, 0.05) is 0 Å². The zero-order chi connectivity index (χ0) is 23.2. The van der Waals surface area contributed by atoms with Gasteiger partial charge in [0.2, 0.25) is 10.9 Å². The lowest BCUT2D eigenvalue weighted by atomic mass is 9.95. The van der Waals surface area contributed by atoms with Crippen LogP contribution in [0.15, 0.2) is 29.5 Å². The van der Waals surface area contributed by atoms with Crippen molar-refractivity contribution in [3.63, 3.8) is 0 Å². The van der Waals surface area contributed by atoms with Gasteiger partial charge < -0.3 is 14.6 Å². The fourth-order valence-corrected chi connectivity index (χ4v) is 5.21. The topological polar surface area (TPSA) is 115 Å². The summed E-state index contributed by atoms with van der Waals surface area (Å²) in [6.45, 7) is 5.28. The second-order valence-corrected chi connectivity index (χ2v) is 9.40. The quantitative estimate of drug-likeness (QED) is 0.540. The second kappa shape index (κ2) is 8.32.